The fourth-order valence-corrected chi connectivity index (χ4v) is 0.976. The van der Waals surface area contributed by atoms with E-state index in [-0.39, 0.29) is 12.6 Å². The summed E-state index contributed by atoms with van der Waals surface area (Å²) in [4.78, 5) is 22.5. The molecule has 1 aromatic rings. The molecule has 0 fully saturated rings. The van der Waals surface area contributed by atoms with E-state index in [4.69, 9.17) is 4.74 Å². The Morgan fingerprint density at radius 2 is 1.94 bits per heavy atom. The van der Waals surface area contributed by atoms with E-state index in [9.17, 15) is 9.59 Å². The van der Waals surface area contributed by atoms with E-state index in [1.54, 1.807) is 37.3 Å². The van der Waals surface area contributed by atoms with Crippen molar-refractivity contribution in [3.05, 3.63) is 48.0 Å². The number of carbonyl (C=O) groups is 2. The zero-order chi connectivity index (χ0) is 12.0. The van der Waals surface area contributed by atoms with Gasteiger partial charge in [-0.2, -0.15) is 0 Å². The Morgan fingerprint density at radius 1 is 1.31 bits per heavy atom. The van der Waals surface area contributed by atoms with Gasteiger partial charge in [-0.05, 0) is 19.1 Å². The number of amides is 1. The van der Waals surface area contributed by atoms with Crippen LogP contribution in [0.3, 0.4) is 0 Å². The first kappa shape index (κ1) is 12.0. The van der Waals surface area contributed by atoms with Crippen molar-refractivity contribution >= 4 is 11.9 Å². The van der Waals surface area contributed by atoms with Gasteiger partial charge in [0.1, 0.15) is 0 Å². The first-order valence-corrected chi connectivity index (χ1v) is 4.77. The molecule has 0 aliphatic carbocycles. The molecule has 0 aromatic heterocycles. The molecule has 4 nitrogen and oxygen atoms in total. The number of benzene rings is 1. The van der Waals surface area contributed by atoms with Crippen LogP contribution in [0.4, 0.5) is 0 Å². The summed E-state index contributed by atoms with van der Waals surface area (Å²) < 4.78 is 4.84. The first-order chi connectivity index (χ1) is 7.61. The van der Waals surface area contributed by atoms with E-state index in [0.717, 1.165) is 0 Å². The van der Waals surface area contributed by atoms with E-state index in [1.165, 1.54) is 0 Å². The number of rotatable bonds is 4. The molecular formula is C12H13NO3. The van der Waals surface area contributed by atoms with E-state index in [0.29, 0.717) is 11.1 Å². The van der Waals surface area contributed by atoms with Crippen molar-refractivity contribution in [2.75, 3.05) is 6.73 Å². The molecule has 16 heavy (non-hydrogen) atoms. The highest BCUT2D eigenvalue weighted by atomic mass is 16.5. The Hall–Kier alpha value is -2.10. The highest BCUT2D eigenvalue weighted by Crippen LogP contribution is 2.00. The second kappa shape index (κ2) is 5.70. The Bertz CT molecular complexity index is 398. The lowest BCUT2D eigenvalue weighted by molar-refractivity contribution is -0.118. The molecule has 0 unspecified atom stereocenters. The number of esters is 1. The SMILES string of the molecule is C=C(C)C(=O)NCOC(=O)c1ccccc1. The van der Waals surface area contributed by atoms with Gasteiger partial charge in [0.2, 0.25) is 5.91 Å². The lowest BCUT2D eigenvalue weighted by atomic mass is 10.2. The van der Waals surface area contributed by atoms with Gasteiger partial charge in [-0.15, -0.1) is 0 Å². The van der Waals surface area contributed by atoms with Crippen molar-refractivity contribution in [2.24, 2.45) is 0 Å². The van der Waals surface area contributed by atoms with E-state index in [2.05, 4.69) is 11.9 Å². The zero-order valence-electron chi connectivity index (χ0n) is 9.03. The Morgan fingerprint density at radius 3 is 2.50 bits per heavy atom. The van der Waals surface area contributed by atoms with Crippen molar-refractivity contribution in [3.63, 3.8) is 0 Å². The number of hydrogen-bond donors (Lipinski definition) is 1. The van der Waals surface area contributed by atoms with E-state index < -0.39 is 5.97 Å². The van der Waals surface area contributed by atoms with Crippen LogP contribution in [0.2, 0.25) is 0 Å². The summed E-state index contributed by atoms with van der Waals surface area (Å²) in [7, 11) is 0. The topological polar surface area (TPSA) is 55.4 Å². The largest absolute Gasteiger partial charge is 0.441 e. The summed E-state index contributed by atoms with van der Waals surface area (Å²) in [5.41, 5.74) is 0.822. The smallest absolute Gasteiger partial charge is 0.339 e. The zero-order valence-corrected chi connectivity index (χ0v) is 9.03. The first-order valence-electron chi connectivity index (χ1n) is 4.77. The fourth-order valence-electron chi connectivity index (χ4n) is 0.976. The molecule has 1 amide bonds. The molecule has 84 valence electrons. The highest BCUT2D eigenvalue weighted by Gasteiger charge is 2.06. The van der Waals surface area contributed by atoms with Crippen LogP contribution < -0.4 is 5.32 Å². The van der Waals surface area contributed by atoms with Crippen LogP contribution >= 0.6 is 0 Å². The Balaban J connectivity index is 2.37. The van der Waals surface area contributed by atoms with Crippen molar-refractivity contribution in [1.82, 2.24) is 5.32 Å². The second-order valence-corrected chi connectivity index (χ2v) is 3.23. The molecule has 0 saturated heterocycles. The number of ether oxygens (including phenoxy) is 1. The molecule has 0 radical (unpaired) electrons. The average molecular weight is 219 g/mol. The standard InChI is InChI=1S/C12H13NO3/c1-9(2)11(14)13-8-16-12(15)10-6-4-3-5-7-10/h3-7H,1,8H2,2H3,(H,13,14). The molecule has 4 heteroatoms. The minimum atomic E-state index is -0.470. The van der Waals surface area contributed by atoms with Gasteiger partial charge >= 0.3 is 5.97 Å². The van der Waals surface area contributed by atoms with E-state index in [1.807, 2.05) is 0 Å². The normalized spacial score (nSPS) is 9.31. The second-order valence-electron chi connectivity index (χ2n) is 3.23. The summed E-state index contributed by atoms with van der Waals surface area (Å²) in [5.74, 6) is -0.802. The Kier molecular flexibility index (Phi) is 4.27. The summed E-state index contributed by atoms with van der Waals surface area (Å²) in [5, 5.41) is 2.40. The quantitative estimate of drug-likeness (QED) is 0.474. The summed E-state index contributed by atoms with van der Waals surface area (Å²) >= 11 is 0. The molecular weight excluding hydrogens is 206 g/mol. The van der Waals surface area contributed by atoms with E-state index >= 15 is 0 Å². The molecule has 0 aliphatic rings. The summed E-state index contributed by atoms with van der Waals surface area (Å²) in [6.45, 7) is 4.88. The monoisotopic (exact) mass is 219 g/mol. The fraction of sp³-hybridized carbons (Fsp3) is 0.167. The third kappa shape index (κ3) is 3.57. The van der Waals surface area contributed by atoms with Crippen LogP contribution in [0.25, 0.3) is 0 Å². The van der Waals surface area contributed by atoms with Gasteiger partial charge in [-0.1, -0.05) is 24.8 Å². The van der Waals surface area contributed by atoms with Crippen LogP contribution in [0, 0.1) is 0 Å². The minimum absolute atomic E-state index is 0.153. The van der Waals surface area contributed by atoms with Gasteiger partial charge in [0.25, 0.3) is 0 Å². The van der Waals surface area contributed by atoms with Gasteiger partial charge < -0.3 is 10.1 Å². The summed E-state index contributed by atoms with van der Waals surface area (Å²) in [6, 6.07) is 8.57. The maximum absolute atomic E-state index is 11.4. The number of hydrogen-bond acceptors (Lipinski definition) is 3. The third-order valence-electron chi connectivity index (χ3n) is 1.83. The van der Waals surface area contributed by atoms with Crippen LogP contribution in [-0.2, 0) is 9.53 Å². The molecule has 0 heterocycles. The van der Waals surface area contributed by atoms with Crippen molar-refractivity contribution in [3.8, 4) is 0 Å². The van der Waals surface area contributed by atoms with Gasteiger partial charge in [0.05, 0.1) is 5.56 Å². The lowest BCUT2D eigenvalue weighted by Gasteiger charge is -2.06. The molecule has 1 N–H and O–H groups in total. The Labute approximate surface area is 93.9 Å². The molecule has 1 rings (SSSR count). The average Bonchev–Trinajstić information content (AvgIpc) is 2.29. The molecule has 0 aliphatic heterocycles. The van der Waals surface area contributed by atoms with Gasteiger partial charge in [-0.3, -0.25) is 4.79 Å². The van der Waals surface area contributed by atoms with Crippen LogP contribution in [0.15, 0.2) is 42.5 Å². The lowest BCUT2D eigenvalue weighted by Crippen LogP contribution is -2.27. The minimum Gasteiger partial charge on any atom is -0.441 e. The van der Waals surface area contributed by atoms with Gasteiger partial charge in [-0.25, -0.2) is 4.79 Å². The maximum atomic E-state index is 11.4. The van der Waals surface area contributed by atoms with Crippen molar-refractivity contribution in [2.45, 2.75) is 6.92 Å². The third-order valence-corrected chi connectivity index (χ3v) is 1.83. The number of nitrogens with one attached hydrogen (secondary N) is 1. The van der Waals surface area contributed by atoms with Crippen molar-refractivity contribution in [1.29, 1.82) is 0 Å². The molecule has 1 aromatic carbocycles. The summed E-state index contributed by atoms with van der Waals surface area (Å²) in [6.07, 6.45) is 0. The molecule has 0 bridgehead atoms. The van der Waals surface area contributed by atoms with Crippen LogP contribution in [0.1, 0.15) is 17.3 Å². The molecule has 0 saturated carbocycles. The highest BCUT2D eigenvalue weighted by molar-refractivity contribution is 5.92. The predicted molar refractivity (Wildman–Crippen MR) is 59.7 cm³/mol. The van der Waals surface area contributed by atoms with Gasteiger partial charge in [0.15, 0.2) is 6.73 Å². The van der Waals surface area contributed by atoms with Gasteiger partial charge in [0, 0.05) is 5.57 Å². The molecule has 0 atom stereocenters. The van der Waals surface area contributed by atoms with Crippen molar-refractivity contribution < 1.29 is 14.3 Å². The predicted octanol–water partition coefficient (Wildman–Crippen LogP) is 1.49. The van der Waals surface area contributed by atoms with Crippen LogP contribution in [0.5, 0.6) is 0 Å². The molecule has 0 spiro atoms. The maximum Gasteiger partial charge on any atom is 0.339 e. The number of carbonyl (C=O) groups excluding carboxylic acids is 2. The van der Waals surface area contributed by atoms with Crippen LogP contribution in [-0.4, -0.2) is 18.6 Å².